The van der Waals surface area contributed by atoms with Crippen molar-refractivity contribution in [2.75, 3.05) is 19.6 Å². The molecular formula is C10H21ClO. The van der Waals surface area contributed by atoms with E-state index < -0.39 is 0 Å². The van der Waals surface area contributed by atoms with E-state index in [9.17, 15) is 0 Å². The summed E-state index contributed by atoms with van der Waals surface area (Å²) in [7, 11) is 1.74. The Balaban J connectivity index is 4.14. The molecular weight excluding hydrogens is 172 g/mol. The summed E-state index contributed by atoms with van der Waals surface area (Å²) in [6.45, 7) is 9.68. The van der Waals surface area contributed by atoms with Crippen molar-refractivity contribution in [1.82, 2.24) is 0 Å². The van der Waals surface area contributed by atoms with E-state index in [1.165, 1.54) is 0 Å². The number of rotatable bonds is 4. The number of ether oxygens (including phenoxy) is 1. The van der Waals surface area contributed by atoms with E-state index in [-0.39, 0.29) is 5.41 Å². The molecule has 0 saturated heterocycles. The Bertz CT molecular complexity index is 117. The molecule has 0 spiro atoms. The van der Waals surface area contributed by atoms with Gasteiger partial charge in [0.15, 0.2) is 0 Å². The number of alkyl halides is 1. The summed E-state index contributed by atoms with van der Waals surface area (Å²) in [5.41, 5.74) is 0.277. The Kier molecular flexibility index (Phi) is 5.19. The van der Waals surface area contributed by atoms with Gasteiger partial charge in [0.1, 0.15) is 0 Å². The average molecular weight is 193 g/mol. The average Bonchev–Trinajstić information content (AvgIpc) is 1.85. The molecule has 0 aliphatic heterocycles. The van der Waals surface area contributed by atoms with Crippen molar-refractivity contribution in [3.05, 3.63) is 0 Å². The van der Waals surface area contributed by atoms with Crippen LogP contribution in [0.5, 0.6) is 0 Å². The Morgan fingerprint density at radius 3 is 2.08 bits per heavy atom. The largest absolute Gasteiger partial charge is 0.384 e. The van der Waals surface area contributed by atoms with E-state index in [1.54, 1.807) is 7.11 Å². The van der Waals surface area contributed by atoms with Crippen LogP contribution in [0, 0.1) is 17.3 Å². The lowest BCUT2D eigenvalue weighted by Gasteiger charge is -2.33. The van der Waals surface area contributed by atoms with Crippen LogP contribution >= 0.6 is 11.6 Å². The smallest absolute Gasteiger partial charge is 0.0491 e. The summed E-state index contributed by atoms with van der Waals surface area (Å²) in [4.78, 5) is 0. The number of hydrogen-bond donors (Lipinski definition) is 0. The highest BCUT2D eigenvalue weighted by molar-refractivity contribution is 6.18. The van der Waals surface area contributed by atoms with Crippen LogP contribution in [-0.2, 0) is 4.74 Å². The number of halogens is 1. The summed E-state index contributed by atoms with van der Waals surface area (Å²) in [5.74, 6) is 1.78. The van der Waals surface area contributed by atoms with Crippen molar-refractivity contribution < 1.29 is 4.74 Å². The number of hydrogen-bond acceptors (Lipinski definition) is 1. The molecule has 0 aliphatic carbocycles. The standard InChI is InChI=1S/C10H21ClO/c1-8(7-12-5)9(6-11)10(2,3)4/h8-9H,6-7H2,1-5H3. The first-order chi connectivity index (χ1) is 5.43. The molecule has 0 aromatic rings. The SMILES string of the molecule is COCC(C)C(CCl)C(C)(C)C. The molecule has 2 unspecified atom stereocenters. The normalized spacial score (nSPS) is 17.5. The molecule has 0 aromatic carbocycles. The van der Waals surface area contributed by atoms with Gasteiger partial charge in [-0.15, -0.1) is 11.6 Å². The van der Waals surface area contributed by atoms with Gasteiger partial charge in [-0.25, -0.2) is 0 Å². The first-order valence-corrected chi connectivity index (χ1v) is 5.01. The molecule has 0 saturated carbocycles. The van der Waals surface area contributed by atoms with Gasteiger partial charge in [-0.2, -0.15) is 0 Å². The van der Waals surface area contributed by atoms with Gasteiger partial charge in [-0.05, 0) is 17.3 Å². The summed E-state index contributed by atoms with van der Waals surface area (Å²) in [5, 5.41) is 0. The first kappa shape index (κ1) is 12.2. The quantitative estimate of drug-likeness (QED) is 0.622. The molecule has 0 heterocycles. The maximum Gasteiger partial charge on any atom is 0.0491 e. The molecule has 0 radical (unpaired) electrons. The van der Waals surface area contributed by atoms with Gasteiger partial charge in [0.2, 0.25) is 0 Å². The molecule has 0 N–H and O–H groups in total. The zero-order chi connectivity index (χ0) is 9.78. The summed E-state index contributed by atoms with van der Waals surface area (Å²) in [6, 6.07) is 0. The zero-order valence-electron chi connectivity index (χ0n) is 8.86. The van der Waals surface area contributed by atoms with Crippen LogP contribution in [0.2, 0.25) is 0 Å². The topological polar surface area (TPSA) is 9.23 Å². The van der Waals surface area contributed by atoms with E-state index in [1.807, 2.05) is 0 Å². The zero-order valence-corrected chi connectivity index (χ0v) is 9.61. The lowest BCUT2D eigenvalue weighted by Crippen LogP contribution is -2.30. The highest BCUT2D eigenvalue weighted by Gasteiger charge is 2.28. The molecule has 0 amide bonds. The maximum atomic E-state index is 5.93. The lowest BCUT2D eigenvalue weighted by atomic mass is 9.75. The van der Waals surface area contributed by atoms with Crippen LogP contribution in [0.1, 0.15) is 27.7 Å². The Hall–Kier alpha value is 0.250. The van der Waals surface area contributed by atoms with Crippen LogP contribution in [-0.4, -0.2) is 19.6 Å². The van der Waals surface area contributed by atoms with E-state index in [0.29, 0.717) is 17.7 Å². The van der Waals surface area contributed by atoms with E-state index in [4.69, 9.17) is 16.3 Å². The second kappa shape index (κ2) is 5.08. The molecule has 74 valence electrons. The van der Waals surface area contributed by atoms with Crippen molar-refractivity contribution in [2.45, 2.75) is 27.7 Å². The molecule has 1 nitrogen and oxygen atoms in total. The molecule has 2 heteroatoms. The second-order valence-corrected chi connectivity index (χ2v) is 4.87. The first-order valence-electron chi connectivity index (χ1n) is 4.48. The van der Waals surface area contributed by atoms with Crippen LogP contribution in [0.25, 0.3) is 0 Å². The summed E-state index contributed by atoms with van der Waals surface area (Å²) in [6.07, 6.45) is 0. The van der Waals surface area contributed by atoms with Crippen molar-refractivity contribution >= 4 is 11.6 Å². The molecule has 0 fully saturated rings. The third kappa shape index (κ3) is 3.77. The minimum absolute atomic E-state index is 0.277. The minimum Gasteiger partial charge on any atom is -0.384 e. The molecule has 12 heavy (non-hydrogen) atoms. The molecule has 0 rings (SSSR count). The van der Waals surface area contributed by atoms with Crippen LogP contribution in [0.15, 0.2) is 0 Å². The van der Waals surface area contributed by atoms with Crippen LogP contribution in [0.4, 0.5) is 0 Å². The fourth-order valence-corrected chi connectivity index (χ4v) is 2.38. The fraction of sp³-hybridized carbons (Fsp3) is 1.00. The van der Waals surface area contributed by atoms with Gasteiger partial charge in [0, 0.05) is 19.6 Å². The molecule has 2 atom stereocenters. The molecule has 0 aromatic heterocycles. The van der Waals surface area contributed by atoms with Crippen LogP contribution < -0.4 is 0 Å². The second-order valence-electron chi connectivity index (χ2n) is 4.56. The third-order valence-electron chi connectivity index (χ3n) is 2.40. The Labute approximate surface area is 81.4 Å². The third-order valence-corrected chi connectivity index (χ3v) is 2.73. The van der Waals surface area contributed by atoms with Crippen molar-refractivity contribution in [3.63, 3.8) is 0 Å². The minimum atomic E-state index is 0.277. The van der Waals surface area contributed by atoms with Gasteiger partial charge in [0.25, 0.3) is 0 Å². The van der Waals surface area contributed by atoms with Gasteiger partial charge in [-0.1, -0.05) is 27.7 Å². The van der Waals surface area contributed by atoms with Gasteiger partial charge >= 0.3 is 0 Å². The summed E-state index contributed by atoms with van der Waals surface area (Å²) < 4.78 is 5.12. The van der Waals surface area contributed by atoms with E-state index in [0.717, 1.165) is 6.61 Å². The fourth-order valence-electron chi connectivity index (χ4n) is 1.62. The molecule has 0 aliphatic rings. The van der Waals surface area contributed by atoms with Gasteiger partial charge < -0.3 is 4.74 Å². The number of methoxy groups -OCH3 is 1. The Morgan fingerprint density at radius 2 is 1.83 bits per heavy atom. The van der Waals surface area contributed by atoms with E-state index >= 15 is 0 Å². The summed E-state index contributed by atoms with van der Waals surface area (Å²) >= 11 is 5.93. The predicted octanol–water partition coefficient (Wildman–Crippen LogP) is 3.17. The highest BCUT2D eigenvalue weighted by Crippen LogP contribution is 2.33. The Morgan fingerprint density at radius 1 is 1.33 bits per heavy atom. The predicted molar refractivity (Wildman–Crippen MR) is 54.7 cm³/mol. The lowest BCUT2D eigenvalue weighted by molar-refractivity contribution is 0.0918. The monoisotopic (exact) mass is 192 g/mol. The maximum absolute atomic E-state index is 5.93. The van der Waals surface area contributed by atoms with Gasteiger partial charge in [0.05, 0.1) is 0 Å². The van der Waals surface area contributed by atoms with Crippen molar-refractivity contribution in [2.24, 2.45) is 17.3 Å². The van der Waals surface area contributed by atoms with Crippen molar-refractivity contribution in [3.8, 4) is 0 Å². The van der Waals surface area contributed by atoms with E-state index in [2.05, 4.69) is 27.7 Å². The molecule has 0 bridgehead atoms. The van der Waals surface area contributed by atoms with Gasteiger partial charge in [-0.3, -0.25) is 0 Å². The van der Waals surface area contributed by atoms with Crippen LogP contribution in [0.3, 0.4) is 0 Å². The highest BCUT2D eigenvalue weighted by atomic mass is 35.5. The van der Waals surface area contributed by atoms with Crippen molar-refractivity contribution in [1.29, 1.82) is 0 Å².